The zero-order valence-corrected chi connectivity index (χ0v) is 7.77. The molecule has 10 heavy (non-hydrogen) atoms. The minimum absolute atomic E-state index is 0. The summed E-state index contributed by atoms with van der Waals surface area (Å²) in [5, 5.41) is 0.931. The van der Waals surface area contributed by atoms with Crippen LogP contribution in [0.1, 0.15) is 0 Å². The van der Waals surface area contributed by atoms with Crippen LogP contribution in [0.5, 0.6) is 0 Å². The molecule has 5 heteroatoms. The molecule has 0 spiro atoms. The number of amides is 1. The number of aliphatic imine (C=N–C) groups is 1. The van der Waals surface area contributed by atoms with E-state index in [9.17, 15) is 4.79 Å². The molecule has 2 heterocycles. The molecule has 0 radical (unpaired) electrons. The van der Waals surface area contributed by atoms with Crippen LogP contribution in [0.4, 0.5) is 0 Å². The highest BCUT2D eigenvalue weighted by Gasteiger charge is 2.30. The van der Waals surface area contributed by atoms with E-state index >= 15 is 0 Å². The number of carbonyl (C=O) groups excluding carboxylic acids is 1. The molecule has 0 bridgehead atoms. The first kappa shape index (κ1) is 8.07. The normalized spacial score (nSPS) is 22.2. The summed E-state index contributed by atoms with van der Waals surface area (Å²) in [4.78, 5) is 16.8. The Bertz CT molecular complexity index is 194. The van der Waals surface area contributed by atoms with E-state index < -0.39 is 0 Å². The van der Waals surface area contributed by atoms with Crippen LogP contribution < -0.4 is 0 Å². The second-order valence-electron chi connectivity index (χ2n) is 2.00. The van der Waals surface area contributed by atoms with Crippen molar-refractivity contribution in [1.29, 1.82) is 0 Å². The number of thioether (sulfide) groups is 1. The summed E-state index contributed by atoms with van der Waals surface area (Å²) in [5.41, 5.74) is 0. The molecule has 2 rings (SSSR count). The largest absolute Gasteiger partial charge is 0.289 e. The molecular weight excluding hydrogens is 216 g/mol. The van der Waals surface area contributed by atoms with Gasteiger partial charge in [-0.3, -0.25) is 14.7 Å². The van der Waals surface area contributed by atoms with Gasteiger partial charge in [-0.15, -0.1) is 17.0 Å². The van der Waals surface area contributed by atoms with Gasteiger partial charge in [0.15, 0.2) is 5.17 Å². The monoisotopic (exact) mass is 222 g/mol. The van der Waals surface area contributed by atoms with E-state index in [2.05, 4.69) is 4.99 Å². The molecule has 0 saturated carbocycles. The Morgan fingerprint density at radius 2 is 2.40 bits per heavy atom. The van der Waals surface area contributed by atoms with Gasteiger partial charge in [-0.1, -0.05) is 11.8 Å². The first-order valence-corrected chi connectivity index (χ1v) is 3.84. The number of rotatable bonds is 0. The fraction of sp³-hybridized carbons (Fsp3) is 0.600. The predicted molar refractivity (Wildman–Crippen MR) is 46.8 cm³/mol. The topological polar surface area (TPSA) is 32.7 Å². The van der Waals surface area contributed by atoms with Crippen molar-refractivity contribution in [2.45, 2.75) is 0 Å². The molecule has 1 saturated heterocycles. The van der Waals surface area contributed by atoms with Gasteiger partial charge < -0.3 is 0 Å². The van der Waals surface area contributed by atoms with Crippen molar-refractivity contribution >= 4 is 39.8 Å². The molecule has 0 aromatic rings. The van der Waals surface area contributed by atoms with Crippen LogP contribution in [0, 0.1) is 0 Å². The van der Waals surface area contributed by atoms with Crippen LogP contribution in [0.3, 0.4) is 0 Å². The number of nitrogens with zero attached hydrogens (tertiary/aromatic N) is 2. The molecule has 0 aliphatic carbocycles. The maximum absolute atomic E-state index is 10.9. The minimum Gasteiger partial charge on any atom is -0.289 e. The summed E-state index contributed by atoms with van der Waals surface area (Å²) in [6.45, 7) is 1.61. The first-order valence-electron chi connectivity index (χ1n) is 2.85. The predicted octanol–water partition coefficient (Wildman–Crippen LogP) is 0.509. The van der Waals surface area contributed by atoms with Gasteiger partial charge >= 0.3 is 0 Å². The van der Waals surface area contributed by atoms with Crippen molar-refractivity contribution in [3.05, 3.63) is 0 Å². The van der Waals surface area contributed by atoms with Crippen LogP contribution in [-0.4, -0.2) is 34.8 Å². The van der Waals surface area contributed by atoms with Gasteiger partial charge in [0, 0.05) is 6.54 Å². The number of fused-ring (bicyclic) bond motifs is 1. The first-order chi connectivity index (χ1) is 4.38. The molecule has 0 unspecified atom stereocenters. The molecule has 2 aliphatic heterocycles. The number of halogens is 1. The maximum Gasteiger partial charge on any atom is 0.239 e. The van der Waals surface area contributed by atoms with E-state index in [1.54, 1.807) is 16.7 Å². The lowest BCUT2D eigenvalue weighted by atomic mass is 10.5. The fourth-order valence-corrected chi connectivity index (χ4v) is 1.93. The Kier molecular flexibility index (Phi) is 2.36. The summed E-state index contributed by atoms with van der Waals surface area (Å²) in [5.74, 6) is 0.815. The van der Waals surface area contributed by atoms with Crippen molar-refractivity contribution in [2.24, 2.45) is 4.99 Å². The summed E-state index contributed by atoms with van der Waals surface area (Å²) >= 11 is 1.55. The molecule has 0 atom stereocenters. The lowest BCUT2D eigenvalue weighted by molar-refractivity contribution is -0.123. The molecular formula is C5H7BrN2OS. The van der Waals surface area contributed by atoms with Gasteiger partial charge in [-0.25, -0.2) is 0 Å². The summed E-state index contributed by atoms with van der Waals surface area (Å²) in [7, 11) is 0. The van der Waals surface area contributed by atoms with Gasteiger partial charge in [-0.2, -0.15) is 0 Å². The number of hydrogen-bond donors (Lipinski definition) is 0. The van der Waals surface area contributed by atoms with E-state index in [0.29, 0.717) is 5.75 Å². The Hall–Kier alpha value is -0.0300. The van der Waals surface area contributed by atoms with Crippen molar-refractivity contribution in [1.82, 2.24) is 4.90 Å². The van der Waals surface area contributed by atoms with Gasteiger partial charge in [0.1, 0.15) is 0 Å². The zero-order valence-electron chi connectivity index (χ0n) is 5.24. The minimum atomic E-state index is 0. The highest BCUT2D eigenvalue weighted by molar-refractivity contribution is 8.93. The lowest BCUT2D eigenvalue weighted by Gasteiger charge is -2.04. The second-order valence-corrected chi connectivity index (χ2v) is 2.94. The Labute approximate surface area is 73.6 Å². The highest BCUT2D eigenvalue weighted by atomic mass is 79.9. The van der Waals surface area contributed by atoms with Gasteiger partial charge in [0.05, 0.1) is 12.3 Å². The third-order valence-corrected chi connectivity index (χ3v) is 2.43. The van der Waals surface area contributed by atoms with Gasteiger partial charge in [0.25, 0.3) is 0 Å². The third kappa shape index (κ3) is 1.08. The Morgan fingerprint density at radius 3 is 3.10 bits per heavy atom. The molecule has 1 fully saturated rings. The standard InChI is InChI=1S/C5H6N2OS.BrH/c8-4-3-9-5-6-1-2-7(4)5;/h1-3H2;1H. The molecule has 0 aromatic carbocycles. The molecule has 56 valence electrons. The van der Waals surface area contributed by atoms with E-state index in [0.717, 1.165) is 18.3 Å². The third-order valence-electron chi connectivity index (χ3n) is 1.43. The number of carbonyl (C=O) groups is 1. The summed E-state index contributed by atoms with van der Waals surface area (Å²) in [6.07, 6.45) is 0. The SMILES string of the molecule is Br.O=C1CSC2=NCCN12. The van der Waals surface area contributed by atoms with E-state index in [4.69, 9.17) is 0 Å². The van der Waals surface area contributed by atoms with Crippen molar-refractivity contribution in [3.63, 3.8) is 0 Å². The molecule has 1 amide bonds. The van der Waals surface area contributed by atoms with E-state index in [1.165, 1.54) is 0 Å². The Morgan fingerprint density at radius 1 is 1.60 bits per heavy atom. The second kappa shape index (κ2) is 2.92. The summed E-state index contributed by atoms with van der Waals surface area (Å²) < 4.78 is 0. The van der Waals surface area contributed by atoms with Crippen LogP contribution in [0.2, 0.25) is 0 Å². The molecule has 2 aliphatic rings. The summed E-state index contributed by atoms with van der Waals surface area (Å²) in [6, 6.07) is 0. The lowest BCUT2D eigenvalue weighted by Crippen LogP contribution is -2.26. The van der Waals surface area contributed by atoms with E-state index in [1.807, 2.05) is 0 Å². The van der Waals surface area contributed by atoms with Crippen molar-refractivity contribution in [2.75, 3.05) is 18.8 Å². The van der Waals surface area contributed by atoms with Gasteiger partial charge in [0.2, 0.25) is 5.91 Å². The van der Waals surface area contributed by atoms with Gasteiger partial charge in [-0.05, 0) is 0 Å². The van der Waals surface area contributed by atoms with Crippen molar-refractivity contribution < 1.29 is 4.79 Å². The molecule has 0 N–H and O–H groups in total. The Balaban J connectivity index is 0.000000500. The maximum atomic E-state index is 10.9. The number of hydrogen-bond acceptors (Lipinski definition) is 3. The fourth-order valence-electron chi connectivity index (χ4n) is 0.986. The number of amidine groups is 1. The smallest absolute Gasteiger partial charge is 0.239 e. The highest BCUT2D eigenvalue weighted by Crippen LogP contribution is 2.21. The van der Waals surface area contributed by atoms with E-state index in [-0.39, 0.29) is 22.9 Å². The quantitative estimate of drug-likeness (QED) is 0.599. The van der Waals surface area contributed by atoms with Crippen LogP contribution in [-0.2, 0) is 4.79 Å². The zero-order chi connectivity index (χ0) is 6.27. The average molecular weight is 223 g/mol. The van der Waals surface area contributed by atoms with Crippen molar-refractivity contribution in [3.8, 4) is 0 Å². The molecule has 0 aromatic heterocycles. The van der Waals surface area contributed by atoms with Crippen LogP contribution in [0.15, 0.2) is 4.99 Å². The molecule has 3 nitrogen and oxygen atoms in total. The van der Waals surface area contributed by atoms with Crippen LogP contribution >= 0.6 is 28.7 Å². The van der Waals surface area contributed by atoms with Crippen LogP contribution in [0.25, 0.3) is 0 Å². The average Bonchev–Trinajstić information content (AvgIpc) is 2.35.